The fourth-order valence-corrected chi connectivity index (χ4v) is 3.81. The molecule has 0 aliphatic heterocycles. The fourth-order valence-electron chi connectivity index (χ4n) is 3.81. The molecule has 2 rings (SSSR count). The topological polar surface area (TPSA) is 12.0 Å². The van der Waals surface area contributed by atoms with Crippen LogP contribution in [0.15, 0.2) is 18.2 Å². The van der Waals surface area contributed by atoms with Crippen molar-refractivity contribution in [3.05, 3.63) is 35.1 Å². The zero-order chi connectivity index (χ0) is 15.2. The third-order valence-electron chi connectivity index (χ3n) is 4.91. The molecular weight excluding hydrogens is 261 g/mol. The molecule has 21 heavy (non-hydrogen) atoms. The van der Waals surface area contributed by atoms with E-state index >= 15 is 0 Å². The van der Waals surface area contributed by atoms with Crippen LogP contribution in [0.2, 0.25) is 0 Å². The maximum atomic E-state index is 13.8. The molecule has 3 atom stereocenters. The van der Waals surface area contributed by atoms with Gasteiger partial charge >= 0.3 is 0 Å². The van der Waals surface area contributed by atoms with E-state index in [1.54, 1.807) is 12.1 Å². The first-order chi connectivity index (χ1) is 10.1. The molecule has 0 amide bonds. The Balaban J connectivity index is 2.20. The third kappa shape index (κ3) is 4.54. The summed E-state index contributed by atoms with van der Waals surface area (Å²) in [5, 5.41) is 3.69. The van der Waals surface area contributed by atoms with Gasteiger partial charge in [0.05, 0.1) is 0 Å². The minimum atomic E-state index is -0.101. The molecule has 1 saturated carbocycles. The first-order valence-corrected chi connectivity index (χ1v) is 8.64. The highest BCUT2D eigenvalue weighted by Gasteiger charge is 2.28. The number of halogens is 1. The fraction of sp³-hybridized carbons (Fsp3) is 0.684. The summed E-state index contributed by atoms with van der Waals surface area (Å²) in [5.74, 6) is 1.40. The van der Waals surface area contributed by atoms with Gasteiger partial charge in [0.2, 0.25) is 0 Å². The van der Waals surface area contributed by atoms with Crippen molar-refractivity contribution >= 4 is 0 Å². The van der Waals surface area contributed by atoms with Gasteiger partial charge in [0.1, 0.15) is 5.82 Å². The second-order valence-electron chi connectivity index (χ2n) is 6.69. The van der Waals surface area contributed by atoms with Crippen molar-refractivity contribution in [3.63, 3.8) is 0 Å². The molecule has 0 saturated heterocycles. The molecule has 1 nitrogen and oxygen atoms in total. The van der Waals surface area contributed by atoms with E-state index in [2.05, 4.69) is 25.2 Å². The van der Waals surface area contributed by atoms with E-state index in [-0.39, 0.29) is 5.82 Å². The zero-order valence-corrected chi connectivity index (χ0v) is 13.8. The van der Waals surface area contributed by atoms with Gasteiger partial charge in [-0.25, -0.2) is 4.39 Å². The molecule has 1 aliphatic rings. The van der Waals surface area contributed by atoms with Crippen molar-refractivity contribution < 1.29 is 4.39 Å². The van der Waals surface area contributed by atoms with E-state index in [0.717, 1.165) is 30.0 Å². The average Bonchev–Trinajstić information content (AvgIpc) is 2.47. The summed E-state index contributed by atoms with van der Waals surface area (Å²) in [5.41, 5.74) is 2.17. The first kappa shape index (κ1) is 16.5. The lowest BCUT2D eigenvalue weighted by molar-refractivity contribution is 0.209. The van der Waals surface area contributed by atoms with Crippen molar-refractivity contribution in [2.24, 2.45) is 11.8 Å². The quantitative estimate of drug-likeness (QED) is 0.741. The normalized spacial score (nSPS) is 24.0. The Kier molecular flexibility index (Phi) is 6.22. The van der Waals surface area contributed by atoms with Crippen LogP contribution in [0.4, 0.5) is 4.39 Å². The standard InChI is InChI=1S/C19H30FN/c1-4-9-21-19(16-8-6-7-15(5-2)12-16)17-10-14(3)11-18(20)13-17/h10-11,13,15-16,19,21H,4-9,12H2,1-3H3. The number of hydrogen-bond acceptors (Lipinski definition) is 1. The van der Waals surface area contributed by atoms with E-state index in [1.165, 1.54) is 32.1 Å². The zero-order valence-electron chi connectivity index (χ0n) is 13.8. The molecule has 0 radical (unpaired) electrons. The molecule has 118 valence electrons. The molecule has 1 N–H and O–H groups in total. The SMILES string of the molecule is CCCNC(c1cc(C)cc(F)c1)C1CCCC(CC)C1. The van der Waals surface area contributed by atoms with E-state index in [4.69, 9.17) is 0 Å². The average molecular weight is 291 g/mol. The van der Waals surface area contributed by atoms with Gasteiger partial charge in [-0.3, -0.25) is 0 Å². The first-order valence-electron chi connectivity index (χ1n) is 8.64. The highest BCUT2D eigenvalue weighted by Crippen LogP contribution is 2.38. The second kappa shape index (κ2) is 7.93. The van der Waals surface area contributed by atoms with Gasteiger partial charge in [0, 0.05) is 6.04 Å². The van der Waals surface area contributed by atoms with Crippen molar-refractivity contribution in [2.75, 3.05) is 6.54 Å². The lowest BCUT2D eigenvalue weighted by atomic mass is 9.75. The van der Waals surface area contributed by atoms with Crippen molar-refractivity contribution in [2.45, 2.75) is 65.3 Å². The van der Waals surface area contributed by atoms with Crippen LogP contribution in [-0.4, -0.2) is 6.54 Å². The van der Waals surface area contributed by atoms with Crippen molar-refractivity contribution in [3.8, 4) is 0 Å². The van der Waals surface area contributed by atoms with Crippen LogP contribution in [0.25, 0.3) is 0 Å². The van der Waals surface area contributed by atoms with Crippen molar-refractivity contribution in [1.82, 2.24) is 5.32 Å². The van der Waals surface area contributed by atoms with Crippen LogP contribution in [0, 0.1) is 24.6 Å². The van der Waals surface area contributed by atoms with Gasteiger partial charge in [-0.05, 0) is 67.8 Å². The predicted octanol–water partition coefficient (Wildman–Crippen LogP) is 5.39. The molecule has 1 fully saturated rings. The summed E-state index contributed by atoms with van der Waals surface area (Å²) in [4.78, 5) is 0. The molecule has 0 spiro atoms. The molecular formula is C19H30FN. The van der Waals surface area contributed by atoms with Gasteiger partial charge in [-0.1, -0.05) is 39.2 Å². The van der Waals surface area contributed by atoms with Gasteiger partial charge in [0.15, 0.2) is 0 Å². The predicted molar refractivity (Wildman–Crippen MR) is 87.9 cm³/mol. The lowest BCUT2D eigenvalue weighted by Gasteiger charge is -2.35. The smallest absolute Gasteiger partial charge is 0.123 e. The summed E-state index contributed by atoms with van der Waals surface area (Å²) in [6.07, 6.45) is 7.65. The van der Waals surface area contributed by atoms with Crippen LogP contribution in [0.3, 0.4) is 0 Å². The number of aryl methyl sites for hydroxylation is 1. The summed E-state index contributed by atoms with van der Waals surface area (Å²) >= 11 is 0. The minimum absolute atomic E-state index is 0.101. The van der Waals surface area contributed by atoms with Crippen LogP contribution in [0.1, 0.15) is 69.5 Å². The molecule has 0 heterocycles. The minimum Gasteiger partial charge on any atom is -0.310 e. The van der Waals surface area contributed by atoms with E-state index in [1.807, 2.05) is 6.92 Å². The monoisotopic (exact) mass is 291 g/mol. The summed E-state index contributed by atoms with van der Waals surface area (Å²) in [6, 6.07) is 5.83. The Morgan fingerprint density at radius 1 is 1.24 bits per heavy atom. The Morgan fingerprint density at radius 3 is 2.71 bits per heavy atom. The molecule has 1 aromatic carbocycles. The van der Waals surface area contributed by atoms with E-state index in [9.17, 15) is 4.39 Å². The molecule has 0 bridgehead atoms. The Bertz CT molecular complexity index is 423. The number of benzene rings is 1. The molecule has 1 aliphatic carbocycles. The van der Waals surface area contributed by atoms with Crippen LogP contribution >= 0.6 is 0 Å². The maximum Gasteiger partial charge on any atom is 0.123 e. The largest absolute Gasteiger partial charge is 0.310 e. The maximum absolute atomic E-state index is 13.8. The summed E-state index contributed by atoms with van der Waals surface area (Å²) in [6.45, 7) is 7.48. The number of rotatable bonds is 6. The van der Waals surface area contributed by atoms with Gasteiger partial charge in [-0.15, -0.1) is 0 Å². The third-order valence-corrected chi connectivity index (χ3v) is 4.91. The Hall–Kier alpha value is -0.890. The second-order valence-corrected chi connectivity index (χ2v) is 6.69. The molecule has 3 unspecified atom stereocenters. The highest BCUT2D eigenvalue weighted by molar-refractivity contribution is 5.27. The molecule has 0 aromatic heterocycles. The van der Waals surface area contributed by atoms with E-state index in [0.29, 0.717) is 12.0 Å². The summed E-state index contributed by atoms with van der Waals surface area (Å²) in [7, 11) is 0. The van der Waals surface area contributed by atoms with Crippen LogP contribution in [0.5, 0.6) is 0 Å². The number of nitrogens with one attached hydrogen (secondary N) is 1. The number of hydrogen-bond donors (Lipinski definition) is 1. The Labute approximate surface area is 129 Å². The van der Waals surface area contributed by atoms with Gasteiger partial charge < -0.3 is 5.32 Å². The lowest BCUT2D eigenvalue weighted by Crippen LogP contribution is -2.32. The van der Waals surface area contributed by atoms with E-state index < -0.39 is 0 Å². The summed E-state index contributed by atoms with van der Waals surface area (Å²) < 4.78 is 13.8. The molecule has 2 heteroatoms. The van der Waals surface area contributed by atoms with Gasteiger partial charge in [0.25, 0.3) is 0 Å². The van der Waals surface area contributed by atoms with Crippen molar-refractivity contribution in [1.29, 1.82) is 0 Å². The van der Waals surface area contributed by atoms with Crippen LogP contribution < -0.4 is 5.32 Å². The van der Waals surface area contributed by atoms with Crippen LogP contribution in [-0.2, 0) is 0 Å². The van der Waals surface area contributed by atoms with Gasteiger partial charge in [-0.2, -0.15) is 0 Å². The molecule has 1 aromatic rings. The highest BCUT2D eigenvalue weighted by atomic mass is 19.1. The Morgan fingerprint density at radius 2 is 2.05 bits per heavy atom.